The molecule has 2 aromatic carbocycles. The first-order chi connectivity index (χ1) is 16.6. The fourth-order valence-corrected chi connectivity index (χ4v) is 4.43. The van der Waals surface area contributed by atoms with E-state index in [0.29, 0.717) is 36.0 Å². The predicted molar refractivity (Wildman–Crippen MR) is 137 cm³/mol. The number of halogens is 1. The number of carbonyl (C=O) groups excluding carboxylic acids is 1. The number of aryl methyl sites for hydroxylation is 1. The third-order valence-corrected chi connectivity index (χ3v) is 6.27. The van der Waals surface area contributed by atoms with E-state index < -0.39 is 0 Å². The number of hydrogen-bond acceptors (Lipinski definition) is 4. The zero-order chi connectivity index (χ0) is 23.9. The molecule has 0 spiro atoms. The standard InChI is InChI=1S/C27H31ClN4O2/c1-3-4-8-16-31(27(33)22-17-21(28)13-14-24(22)34-2)19-25-30-23-12-9-15-29-26(23)32(25)18-20-10-6-5-7-11-20/h5-7,10-11,13-15,17H,3-4,8-9,12,16,18-19H2,1-2H3. The number of imidazole rings is 1. The van der Waals surface area contributed by atoms with E-state index in [4.69, 9.17) is 21.3 Å². The molecule has 0 atom stereocenters. The van der Waals surface area contributed by atoms with E-state index in [9.17, 15) is 4.79 Å². The minimum atomic E-state index is -0.105. The van der Waals surface area contributed by atoms with Gasteiger partial charge in [0, 0.05) is 17.8 Å². The lowest BCUT2D eigenvalue weighted by Crippen LogP contribution is -2.33. The molecule has 0 bridgehead atoms. The van der Waals surface area contributed by atoms with Crippen LogP contribution in [0.5, 0.6) is 5.75 Å². The van der Waals surface area contributed by atoms with Gasteiger partial charge in [-0.05, 0) is 43.0 Å². The number of fused-ring (bicyclic) bond motifs is 1. The molecular formula is C27H31ClN4O2. The molecule has 0 aliphatic carbocycles. The number of aromatic nitrogens is 2. The smallest absolute Gasteiger partial charge is 0.258 e. The van der Waals surface area contributed by atoms with Crippen LogP contribution in [0.25, 0.3) is 0 Å². The van der Waals surface area contributed by atoms with Crippen molar-refractivity contribution < 1.29 is 9.53 Å². The second-order valence-corrected chi connectivity index (χ2v) is 8.94. The van der Waals surface area contributed by atoms with Crippen molar-refractivity contribution in [1.29, 1.82) is 0 Å². The van der Waals surface area contributed by atoms with Crippen LogP contribution in [0.15, 0.2) is 53.5 Å². The number of unbranched alkanes of at least 4 members (excludes halogenated alkanes) is 2. The van der Waals surface area contributed by atoms with E-state index in [-0.39, 0.29) is 5.91 Å². The van der Waals surface area contributed by atoms with Gasteiger partial charge in [0.2, 0.25) is 0 Å². The molecule has 34 heavy (non-hydrogen) atoms. The van der Waals surface area contributed by atoms with E-state index >= 15 is 0 Å². The molecule has 1 amide bonds. The third kappa shape index (κ3) is 5.50. The van der Waals surface area contributed by atoms with Crippen molar-refractivity contribution in [1.82, 2.24) is 14.5 Å². The maximum atomic E-state index is 13.7. The summed E-state index contributed by atoms with van der Waals surface area (Å²) in [5.41, 5.74) is 2.63. The van der Waals surface area contributed by atoms with Gasteiger partial charge < -0.3 is 14.2 Å². The summed E-state index contributed by atoms with van der Waals surface area (Å²) in [6, 6.07) is 15.4. The summed E-state index contributed by atoms with van der Waals surface area (Å²) in [5.74, 6) is 2.16. The van der Waals surface area contributed by atoms with Crippen molar-refractivity contribution in [2.45, 2.75) is 52.1 Å². The van der Waals surface area contributed by atoms with Crippen molar-refractivity contribution >= 4 is 29.5 Å². The third-order valence-electron chi connectivity index (χ3n) is 6.04. The lowest BCUT2D eigenvalue weighted by atomic mass is 10.1. The van der Waals surface area contributed by atoms with Crippen LogP contribution in [0.1, 0.15) is 60.0 Å². The quantitative estimate of drug-likeness (QED) is 0.332. The molecule has 2 heterocycles. The van der Waals surface area contributed by atoms with Crippen LogP contribution in [0.3, 0.4) is 0 Å². The molecule has 1 aromatic heterocycles. The van der Waals surface area contributed by atoms with Gasteiger partial charge in [0.15, 0.2) is 5.82 Å². The van der Waals surface area contributed by atoms with Gasteiger partial charge in [0.05, 0.1) is 31.5 Å². The van der Waals surface area contributed by atoms with Crippen molar-refractivity contribution in [2.24, 2.45) is 4.99 Å². The zero-order valence-corrected chi connectivity index (χ0v) is 20.6. The second-order valence-electron chi connectivity index (χ2n) is 8.50. The van der Waals surface area contributed by atoms with Crippen LogP contribution in [-0.4, -0.2) is 40.2 Å². The summed E-state index contributed by atoms with van der Waals surface area (Å²) in [4.78, 5) is 25.2. The highest BCUT2D eigenvalue weighted by Crippen LogP contribution is 2.29. The maximum Gasteiger partial charge on any atom is 0.258 e. The van der Waals surface area contributed by atoms with Crippen LogP contribution in [0.4, 0.5) is 5.82 Å². The van der Waals surface area contributed by atoms with Crippen molar-refractivity contribution in [3.8, 4) is 5.75 Å². The number of ether oxygens (including phenoxy) is 1. The molecule has 0 unspecified atom stereocenters. The van der Waals surface area contributed by atoms with Gasteiger partial charge in [-0.2, -0.15) is 0 Å². The van der Waals surface area contributed by atoms with Gasteiger partial charge in [0.25, 0.3) is 5.91 Å². The second kappa shape index (κ2) is 11.3. The Balaban J connectivity index is 1.69. The Morgan fingerprint density at radius 1 is 1.18 bits per heavy atom. The Morgan fingerprint density at radius 3 is 2.76 bits per heavy atom. The van der Waals surface area contributed by atoms with Crippen LogP contribution < -0.4 is 4.74 Å². The largest absolute Gasteiger partial charge is 0.496 e. The van der Waals surface area contributed by atoms with Crippen LogP contribution in [0.2, 0.25) is 5.02 Å². The maximum absolute atomic E-state index is 13.7. The van der Waals surface area contributed by atoms with Crippen molar-refractivity contribution in [3.63, 3.8) is 0 Å². The van der Waals surface area contributed by atoms with E-state index in [0.717, 1.165) is 49.4 Å². The molecule has 3 aromatic rings. The lowest BCUT2D eigenvalue weighted by Gasteiger charge is -2.24. The highest BCUT2D eigenvalue weighted by molar-refractivity contribution is 6.31. The number of aliphatic imine (C=N–C) groups is 1. The molecule has 7 heteroatoms. The molecule has 6 nitrogen and oxygen atoms in total. The van der Waals surface area contributed by atoms with Gasteiger partial charge >= 0.3 is 0 Å². The number of hydrogen-bond donors (Lipinski definition) is 0. The number of nitrogens with zero attached hydrogens (tertiary/aromatic N) is 4. The Bertz CT molecular complexity index is 1160. The SMILES string of the molecule is CCCCCN(Cc1nc2c(n1Cc1ccccc1)N=CCC2)C(=O)c1cc(Cl)ccc1OC. The van der Waals surface area contributed by atoms with Crippen LogP contribution in [0, 0.1) is 0 Å². The first kappa shape index (κ1) is 24.0. The van der Waals surface area contributed by atoms with Gasteiger partial charge in [-0.3, -0.25) is 4.79 Å². The average Bonchev–Trinajstić information content (AvgIpc) is 3.20. The van der Waals surface area contributed by atoms with Crippen molar-refractivity contribution in [2.75, 3.05) is 13.7 Å². The van der Waals surface area contributed by atoms with Gasteiger partial charge in [-0.25, -0.2) is 9.98 Å². The molecule has 0 saturated heterocycles. The van der Waals surface area contributed by atoms with E-state index in [1.54, 1.807) is 25.3 Å². The Morgan fingerprint density at radius 2 is 2.00 bits per heavy atom. The minimum Gasteiger partial charge on any atom is -0.496 e. The average molecular weight is 479 g/mol. The normalized spacial score (nSPS) is 12.4. The summed E-state index contributed by atoms with van der Waals surface area (Å²) in [5, 5.41) is 0.507. The first-order valence-corrected chi connectivity index (χ1v) is 12.3. The number of amides is 1. The highest BCUT2D eigenvalue weighted by Gasteiger charge is 2.25. The first-order valence-electron chi connectivity index (χ1n) is 11.9. The molecule has 1 aliphatic heterocycles. The monoisotopic (exact) mass is 478 g/mol. The van der Waals surface area contributed by atoms with Crippen molar-refractivity contribution in [3.05, 3.63) is 76.2 Å². The summed E-state index contributed by atoms with van der Waals surface area (Å²) in [7, 11) is 1.57. The molecule has 0 saturated carbocycles. The molecule has 0 N–H and O–H groups in total. The molecular weight excluding hydrogens is 448 g/mol. The van der Waals surface area contributed by atoms with E-state index in [1.165, 1.54) is 5.56 Å². The Hall–Kier alpha value is -3.12. The van der Waals surface area contributed by atoms with Crippen LogP contribution in [-0.2, 0) is 19.5 Å². The fraction of sp³-hybridized carbons (Fsp3) is 0.370. The number of rotatable bonds is 10. The summed E-state index contributed by atoms with van der Waals surface area (Å²) in [6.45, 7) is 3.85. The van der Waals surface area contributed by atoms with E-state index in [1.807, 2.05) is 29.3 Å². The fourth-order valence-electron chi connectivity index (χ4n) is 4.25. The molecule has 0 radical (unpaired) electrons. The minimum absolute atomic E-state index is 0.105. The number of methoxy groups -OCH3 is 1. The van der Waals surface area contributed by atoms with Gasteiger partial charge in [-0.15, -0.1) is 0 Å². The number of carbonyl (C=O) groups is 1. The molecule has 0 fully saturated rings. The zero-order valence-electron chi connectivity index (χ0n) is 19.8. The lowest BCUT2D eigenvalue weighted by molar-refractivity contribution is 0.0730. The van der Waals surface area contributed by atoms with Crippen LogP contribution >= 0.6 is 11.6 Å². The van der Waals surface area contributed by atoms with Gasteiger partial charge in [0.1, 0.15) is 11.6 Å². The van der Waals surface area contributed by atoms with E-state index in [2.05, 4.69) is 28.6 Å². The predicted octanol–water partition coefficient (Wildman–Crippen LogP) is 6.07. The molecule has 4 rings (SSSR count). The Labute approximate surface area is 206 Å². The summed E-state index contributed by atoms with van der Waals surface area (Å²) in [6.07, 6.45) is 6.75. The summed E-state index contributed by atoms with van der Waals surface area (Å²) < 4.78 is 7.62. The highest BCUT2D eigenvalue weighted by atomic mass is 35.5. The Kier molecular flexibility index (Phi) is 8.01. The van der Waals surface area contributed by atoms with Gasteiger partial charge in [-0.1, -0.05) is 61.7 Å². The molecule has 178 valence electrons. The number of benzene rings is 2. The summed E-state index contributed by atoms with van der Waals surface area (Å²) >= 11 is 6.24. The molecule has 1 aliphatic rings. The topological polar surface area (TPSA) is 59.7 Å².